The molecule has 0 heterocycles. The van der Waals surface area contributed by atoms with E-state index in [2.05, 4.69) is 0 Å². The van der Waals surface area contributed by atoms with Crippen molar-refractivity contribution in [2.24, 2.45) is 5.73 Å². The van der Waals surface area contributed by atoms with Gasteiger partial charge >= 0.3 is 5.69 Å². The fourth-order valence-electron chi connectivity index (χ4n) is 1.34. The summed E-state index contributed by atoms with van der Waals surface area (Å²) < 4.78 is 4.81. The van der Waals surface area contributed by atoms with Crippen LogP contribution in [0.15, 0.2) is 12.1 Å². The lowest BCUT2D eigenvalue weighted by atomic mass is 10.0. The van der Waals surface area contributed by atoms with Crippen molar-refractivity contribution in [3.63, 3.8) is 0 Å². The SMILES string of the molecule is COc1cc([C@@H](N)CC#N)cc([N+](=O)[O-])c1O. The van der Waals surface area contributed by atoms with E-state index >= 15 is 0 Å². The van der Waals surface area contributed by atoms with E-state index < -0.39 is 22.4 Å². The summed E-state index contributed by atoms with van der Waals surface area (Å²) in [5, 5.41) is 28.7. The van der Waals surface area contributed by atoms with Crippen LogP contribution in [0, 0.1) is 21.4 Å². The van der Waals surface area contributed by atoms with Crippen molar-refractivity contribution in [2.75, 3.05) is 7.11 Å². The number of hydrogen-bond donors (Lipinski definition) is 2. The van der Waals surface area contributed by atoms with Crippen LogP contribution in [-0.4, -0.2) is 17.1 Å². The zero-order valence-electron chi connectivity index (χ0n) is 9.08. The number of nitro benzene ring substituents is 1. The average Bonchev–Trinajstić information content (AvgIpc) is 2.29. The van der Waals surface area contributed by atoms with Crippen LogP contribution in [0.4, 0.5) is 5.69 Å². The van der Waals surface area contributed by atoms with Crippen LogP contribution in [0.2, 0.25) is 0 Å². The number of nitrogens with zero attached hydrogens (tertiary/aromatic N) is 2. The molecule has 1 rings (SSSR count). The molecule has 7 heteroatoms. The molecule has 1 aromatic carbocycles. The van der Waals surface area contributed by atoms with E-state index in [1.54, 1.807) is 0 Å². The van der Waals surface area contributed by atoms with Gasteiger partial charge in [0.2, 0.25) is 5.75 Å². The van der Waals surface area contributed by atoms with Crippen LogP contribution >= 0.6 is 0 Å². The van der Waals surface area contributed by atoms with Crippen LogP contribution in [0.3, 0.4) is 0 Å². The van der Waals surface area contributed by atoms with Gasteiger partial charge in [0, 0.05) is 12.1 Å². The summed E-state index contributed by atoms with van der Waals surface area (Å²) in [6.45, 7) is 0. The number of nitrogens with two attached hydrogens (primary N) is 1. The Bertz CT molecular complexity index is 481. The topological polar surface area (TPSA) is 122 Å². The molecule has 0 aliphatic heterocycles. The Hall–Kier alpha value is -2.33. The monoisotopic (exact) mass is 237 g/mol. The van der Waals surface area contributed by atoms with E-state index in [0.29, 0.717) is 5.56 Å². The second kappa shape index (κ2) is 5.14. The minimum absolute atomic E-state index is 0.0189. The first-order chi connectivity index (χ1) is 8.01. The van der Waals surface area contributed by atoms with Gasteiger partial charge in [0.05, 0.1) is 24.5 Å². The van der Waals surface area contributed by atoms with E-state index in [4.69, 9.17) is 15.7 Å². The van der Waals surface area contributed by atoms with Gasteiger partial charge in [-0.05, 0) is 11.6 Å². The van der Waals surface area contributed by atoms with Crippen molar-refractivity contribution in [3.05, 3.63) is 27.8 Å². The number of nitro groups is 1. The number of ether oxygens (including phenoxy) is 1. The molecule has 0 aliphatic carbocycles. The van der Waals surface area contributed by atoms with Crippen LogP contribution < -0.4 is 10.5 Å². The lowest BCUT2D eigenvalue weighted by Crippen LogP contribution is -2.10. The molecule has 0 unspecified atom stereocenters. The standard InChI is InChI=1S/C10H11N3O4/c1-17-9-5-6(7(12)2-3-11)4-8(10(9)14)13(15)16/h4-5,7,14H,2,12H2,1H3/t7-/m0/s1. The third-order valence-electron chi connectivity index (χ3n) is 2.23. The molecule has 0 aromatic heterocycles. The molecule has 7 nitrogen and oxygen atoms in total. The third-order valence-corrected chi connectivity index (χ3v) is 2.23. The van der Waals surface area contributed by atoms with E-state index in [1.165, 1.54) is 13.2 Å². The quantitative estimate of drug-likeness (QED) is 0.599. The fourth-order valence-corrected chi connectivity index (χ4v) is 1.34. The van der Waals surface area contributed by atoms with E-state index in [1.807, 2.05) is 6.07 Å². The normalized spacial score (nSPS) is 11.6. The lowest BCUT2D eigenvalue weighted by molar-refractivity contribution is -0.386. The Labute approximate surface area is 97.2 Å². The fraction of sp³-hybridized carbons (Fsp3) is 0.300. The van der Waals surface area contributed by atoms with E-state index in [0.717, 1.165) is 6.07 Å². The minimum atomic E-state index is -0.736. The number of hydrogen-bond acceptors (Lipinski definition) is 6. The Morgan fingerprint density at radius 2 is 2.35 bits per heavy atom. The summed E-state index contributed by atoms with van der Waals surface area (Å²) in [4.78, 5) is 9.97. The molecule has 0 aliphatic rings. The number of rotatable bonds is 4. The zero-order chi connectivity index (χ0) is 13.0. The van der Waals surface area contributed by atoms with Crippen LogP contribution in [-0.2, 0) is 0 Å². The molecular formula is C10H11N3O4. The highest BCUT2D eigenvalue weighted by Crippen LogP contribution is 2.38. The molecule has 1 aromatic rings. The van der Waals surface area contributed by atoms with E-state index in [9.17, 15) is 15.2 Å². The first-order valence-electron chi connectivity index (χ1n) is 4.69. The van der Waals surface area contributed by atoms with Gasteiger partial charge in [-0.3, -0.25) is 10.1 Å². The molecule has 3 N–H and O–H groups in total. The number of phenols is 1. The highest BCUT2D eigenvalue weighted by Gasteiger charge is 2.21. The second-order valence-corrected chi connectivity index (χ2v) is 3.32. The second-order valence-electron chi connectivity index (χ2n) is 3.32. The number of benzene rings is 1. The first kappa shape index (κ1) is 12.7. The summed E-state index contributed by atoms with van der Waals surface area (Å²) in [7, 11) is 1.28. The minimum Gasteiger partial charge on any atom is -0.500 e. The molecule has 0 saturated carbocycles. The predicted octanol–water partition coefficient (Wildman–Crippen LogP) is 1.22. The van der Waals surface area contributed by atoms with Gasteiger partial charge in [-0.25, -0.2) is 0 Å². The molecule has 1 atom stereocenters. The molecule has 17 heavy (non-hydrogen) atoms. The Morgan fingerprint density at radius 3 is 2.82 bits per heavy atom. The van der Waals surface area contributed by atoms with Crippen molar-refractivity contribution in [1.82, 2.24) is 0 Å². The van der Waals surface area contributed by atoms with Crippen LogP contribution in [0.25, 0.3) is 0 Å². The molecule has 0 bridgehead atoms. The summed E-state index contributed by atoms with van der Waals surface area (Å²) in [6, 6.07) is 3.73. The highest BCUT2D eigenvalue weighted by atomic mass is 16.6. The maximum absolute atomic E-state index is 10.7. The third kappa shape index (κ3) is 2.62. The smallest absolute Gasteiger partial charge is 0.314 e. The highest BCUT2D eigenvalue weighted by molar-refractivity contribution is 5.57. The predicted molar refractivity (Wildman–Crippen MR) is 58.5 cm³/mol. The summed E-state index contributed by atoms with van der Waals surface area (Å²) in [5.74, 6) is -0.590. The molecule has 0 spiro atoms. The average molecular weight is 237 g/mol. The Balaban J connectivity index is 3.30. The van der Waals surface area contributed by atoms with Crippen LogP contribution in [0.1, 0.15) is 18.0 Å². The molecular weight excluding hydrogens is 226 g/mol. The van der Waals surface area contributed by atoms with Gasteiger partial charge in [-0.1, -0.05) is 0 Å². The lowest BCUT2D eigenvalue weighted by Gasteiger charge is -2.11. The van der Waals surface area contributed by atoms with Gasteiger partial charge in [0.25, 0.3) is 0 Å². The van der Waals surface area contributed by atoms with Crippen molar-refractivity contribution < 1.29 is 14.8 Å². The van der Waals surface area contributed by atoms with Gasteiger partial charge in [-0.15, -0.1) is 0 Å². The maximum atomic E-state index is 10.7. The number of methoxy groups -OCH3 is 1. The number of aromatic hydroxyl groups is 1. The van der Waals surface area contributed by atoms with Gasteiger partial charge in [0.1, 0.15) is 0 Å². The number of phenolic OH excluding ortho intramolecular Hbond substituents is 1. The summed E-state index contributed by atoms with van der Waals surface area (Å²) >= 11 is 0. The summed E-state index contributed by atoms with van der Waals surface area (Å²) in [6.07, 6.45) is 0.0189. The number of nitriles is 1. The Kier molecular flexibility index (Phi) is 3.85. The molecule has 90 valence electrons. The van der Waals surface area contributed by atoms with Crippen molar-refractivity contribution in [3.8, 4) is 17.6 Å². The summed E-state index contributed by atoms with van der Waals surface area (Å²) in [5.41, 5.74) is 5.54. The molecule has 0 fully saturated rings. The molecule has 0 amide bonds. The van der Waals surface area contributed by atoms with Crippen LogP contribution in [0.5, 0.6) is 11.5 Å². The van der Waals surface area contributed by atoms with Crippen molar-refractivity contribution >= 4 is 5.69 Å². The maximum Gasteiger partial charge on any atom is 0.314 e. The zero-order valence-corrected chi connectivity index (χ0v) is 9.08. The van der Waals surface area contributed by atoms with E-state index in [-0.39, 0.29) is 12.2 Å². The van der Waals surface area contributed by atoms with Crippen molar-refractivity contribution in [1.29, 1.82) is 5.26 Å². The Morgan fingerprint density at radius 1 is 1.71 bits per heavy atom. The van der Waals surface area contributed by atoms with Gasteiger partial charge in [-0.2, -0.15) is 5.26 Å². The first-order valence-corrected chi connectivity index (χ1v) is 4.69. The molecule has 0 saturated heterocycles. The molecule has 0 radical (unpaired) electrons. The van der Waals surface area contributed by atoms with Gasteiger partial charge < -0.3 is 15.6 Å². The van der Waals surface area contributed by atoms with Crippen molar-refractivity contribution in [2.45, 2.75) is 12.5 Å². The van der Waals surface area contributed by atoms with Gasteiger partial charge in [0.15, 0.2) is 5.75 Å². The largest absolute Gasteiger partial charge is 0.500 e.